The summed E-state index contributed by atoms with van der Waals surface area (Å²) < 4.78 is 5.88. The van der Waals surface area contributed by atoms with Crippen molar-refractivity contribution in [3.8, 4) is 10.8 Å². The van der Waals surface area contributed by atoms with Crippen molar-refractivity contribution < 1.29 is 9.21 Å². The van der Waals surface area contributed by atoms with E-state index in [1.165, 1.54) is 0 Å². The number of fused-ring (bicyclic) bond motifs is 1. The first kappa shape index (κ1) is 18.5. The Morgan fingerprint density at radius 2 is 1.83 bits per heavy atom. The summed E-state index contributed by atoms with van der Waals surface area (Å²) in [5, 5.41) is 1.99. The molecular formula is C24H19N3O2S. The van der Waals surface area contributed by atoms with Crippen molar-refractivity contribution in [1.29, 1.82) is 0 Å². The molecular weight excluding hydrogens is 394 g/mol. The summed E-state index contributed by atoms with van der Waals surface area (Å²) in [7, 11) is 0. The predicted molar refractivity (Wildman–Crippen MR) is 119 cm³/mol. The average molecular weight is 414 g/mol. The molecule has 0 aliphatic carbocycles. The summed E-state index contributed by atoms with van der Waals surface area (Å²) >= 11 is 1.58. The van der Waals surface area contributed by atoms with E-state index in [0.29, 0.717) is 12.4 Å². The van der Waals surface area contributed by atoms with Crippen LogP contribution in [-0.4, -0.2) is 23.1 Å². The number of carbonyl (C=O) groups is 1. The number of rotatable bonds is 4. The van der Waals surface area contributed by atoms with Crippen LogP contribution in [0.25, 0.3) is 10.8 Å². The van der Waals surface area contributed by atoms with Crippen LogP contribution >= 0.6 is 11.3 Å². The highest BCUT2D eigenvalue weighted by molar-refractivity contribution is 7.13. The van der Waals surface area contributed by atoms with Gasteiger partial charge < -0.3 is 9.32 Å². The molecule has 148 valence electrons. The van der Waals surface area contributed by atoms with Gasteiger partial charge >= 0.3 is 0 Å². The van der Waals surface area contributed by atoms with Gasteiger partial charge in [0.2, 0.25) is 11.8 Å². The number of nitrogens with zero attached hydrogens (tertiary/aromatic N) is 3. The minimum atomic E-state index is -0.0616. The summed E-state index contributed by atoms with van der Waals surface area (Å²) in [5.74, 6) is 1.25. The van der Waals surface area contributed by atoms with E-state index in [4.69, 9.17) is 4.42 Å². The van der Waals surface area contributed by atoms with Crippen molar-refractivity contribution in [3.63, 3.8) is 0 Å². The molecule has 0 radical (unpaired) electrons. The number of benzene rings is 2. The molecule has 0 N–H and O–H groups in total. The minimum absolute atomic E-state index is 0.0616. The van der Waals surface area contributed by atoms with Gasteiger partial charge in [0.15, 0.2) is 0 Å². The molecule has 2 aromatic carbocycles. The quantitative estimate of drug-likeness (QED) is 0.468. The SMILES string of the molecule is Cc1oc(-c2cccs2)nc1CN1C(=O)CN=C(c2ccccc2)c2ccccc21. The van der Waals surface area contributed by atoms with E-state index in [1.807, 2.05) is 79.0 Å². The number of anilines is 1. The van der Waals surface area contributed by atoms with Crippen molar-refractivity contribution in [2.24, 2.45) is 4.99 Å². The number of carbonyl (C=O) groups excluding carboxylic acids is 1. The average Bonchev–Trinajstić information content (AvgIpc) is 3.40. The van der Waals surface area contributed by atoms with Gasteiger partial charge in [0.1, 0.15) is 18.0 Å². The lowest BCUT2D eigenvalue weighted by atomic mass is 10.00. The second kappa shape index (κ2) is 7.72. The Morgan fingerprint density at radius 3 is 2.63 bits per heavy atom. The third-order valence-corrected chi connectivity index (χ3v) is 5.96. The topological polar surface area (TPSA) is 58.7 Å². The van der Waals surface area contributed by atoms with Crippen LogP contribution in [0.15, 0.2) is 81.5 Å². The highest BCUT2D eigenvalue weighted by Crippen LogP contribution is 2.30. The molecule has 0 saturated heterocycles. The normalized spacial score (nSPS) is 13.7. The molecule has 0 spiro atoms. The van der Waals surface area contributed by atoms with Gasteiger partial charge in [-0.25, -0.2) is 4.98 Å². The van der Waals surface area contributed by atoms with E-state index in [0.717, 1.165) is 38.9 Å². The molecule has 5 nitrogen and oxygen atoms in total. The molecule has 1 amide bonds. The van der Waals surface area contributed by atoms with Gasteiger partial charge in [-0.1, -0.05) is 54.6 Å². The number of amides is 1. The van der Waals surface area contributed by atoms with Gasteiger partial charge in [-0.15, -0.1) is 11.3 Å². The maximum absolute atomic E-state index is 13.1. The third kappa shape index (κ3) is 3.35. The number of aryl methyl sites for hydroxylation is 1. The van der Waals surface area contributed by atoms with Crippen LogP contribution in [0.2, 0.25) is 0 Å². The molecule has 4 aromatic rings. The lowest BCUT2D eigenvalue weighted by molar-refractivity contribution is -0.117. The Morgan fingerprint density at radius 1 is 1.03 bits per heavy atom. The molecule has 0 fully saturated rings. The molecule has 6 heteroatoms. The first-order valence-electron chi connectivity index (χ1n) is 9.70. The van der Waals surface area contributed by atoms with Crippen LogP contribution in [0.3, 0.4) is 0 Å². The van der Waals surface area contributed by atoms with Gasteiger partial charge in [0.25, 0.3) is 0 Å². The van der Waals surface area contributed by atoms with Crippen molar-refractivity contribution in [2.75, 3.05) is 11.4 Å². The smallest absolute Gasteiger partial charge is 0.249 e. The van der Waals surface area contributed by atoms with Gasteiger partial charge in [0, 0.05) is 11.1 Å². The minimum Gasteiger partial charge on any atom is -0.440 e. The van der Waals surface area contributed by atoms with Crippen LogP contribution < -0.4 is 4.90 Å². The number of thiophene rings is 1. The van der Waals surface area contributed by atoms with Crippen LogP contribution in [-0.2, 0) is 11.3 Å². The second-order valence-electron chi connectivity index (χ2n) is 7.03. The van der Waals surface area contributed by atoms with E-state index in [1.54, 1.807) is 16.2 Å². The predicted octanol–water partition coefficient (Wildman–Crippen LogP) is 5.10. The Kier molecular flexibility index (Phi) is 4.77. The fourth-order valence-corrected chi connectivity index (χ4v) is 4.26. The van der Waals surface area contributed by atoms with Gasteiger partial charge in [-0.05, 0) is 24.4 Å². The Labute approximate surface area is 178 Å². The number of para-hydroxylation sites is 1. The van der Waals surface area contributed by atoms with Gasteiger partial charge in [0.05, 0.1) is 22.8 Å². The molecule has 0 saturated carbocycles. The molecule has 3 heterocycles. The number of hydrogen-bond donors (Lipinski definition) is 0. The summed E-state index contributed by atoms with van der Waals surface area (Å²) in [5.41, 5.74) is 4.36. The zero-order valence-corrected chi connectivity index (χ0v) is 17.2. The van der Waals surface area contributed by atoms with Crippen molar-refractivity contribution in [1.82, 2.24) is 4.98 Å². The summed E-state index contributed by atoms with van der Waals surface area (Å²) in [6.07, 6.45) is 0. The Balaban J connectivity index is 1.54. The maximum Gasteiger partial charge on any atom is 0.249 e. The summed E-state index contributed by atoms with van der Waals surface area (Å²) in [6, 6.07) is 21.8. The number of hydrogen-bond acceptors (Lipinski definition) is 5. The standard InChI is InChI=1S/C24H19N3O2S/c1-16-19(26-24(29-16)21-12-7-13-30-21)15-27-20-11-6-5-10-18(20)23(25-14-22(27)28)17-8-3-2-4-9-17/h2-13H,14-15H2,1H3. The molecule has 5 rings (SSSR count). The van der Waals surface area contributed by atoms with E-state index >= 15 is 0 Å². The largest absolute Gasteiger partial charge is 0.440 e. The van der Waals surface area contributed by atoms with E-state index in [9.17, 15) is 4.79 Å². The highest BCUT2D eigenvalue weighted by atomic mass is 32.1. The van der Waals surface area contributed by atoms with Crippen molar-refractivity contribution in [3.05, 3.63) is 94.7 Å². The van der Waals surface area contributed by atoms with E-state index in [2.05, 4.69) is 9.98 Å². The number of benzodiazepines with no additional fused rings is 1. The van der Waals surface area contributed by atoms with Crippen LogP contribution in [0.5, 0.6) is 0 Å². The molecule has 0 bridgehead atoms. The zero-order valence-electron chi connectivity index (χ0n) is 16.4. The maximum atomic E-state index is 13.1. The molecule has 1 aliphatic rings. The summed E-state index contributed by atoms with van der Waals surface area (Å²) in [4.78, 5) is 25.1. The fourth-order valence-electron chi connectivity index (χ4n) is 3.61. The third-order valence-electron chi connectivity index (χ3n) is 5.10. The van der Waals surface area contributed by atoms with E-state index < -0.39 is 0 Å². The molecule has 0 atom stereocenters. The zero-order chi connectivity index (χ0) is 20.5. The first-order valence-corrected chi connectivity index (χ1v) is 10.6. The van der Waals surface area contributed by atoms with Crippen molar-refractivity contribution >= 4 is 28.6 Å². The lowest BCUT2D eigenvalue weighted by Crippen LogP contribution is -2.32. The van der Waals surface area contributed by atoms with E-state index in [-0.39, 0.29) is 12.5 Å². The number of oxazole rings is 1. The van der Waals surface area contributed by atoms with Crippen LogP contribution in [0, 0.1) is 6.92 Å². The van der Waals surface area contributed by atoms with Crippen LogP contribution in [0.4, 0.5) is 5.69 Å². The number of aliphatic imine (C=N–C) groups is 1. The molecule has 30 heavy (non-hydrogen) atoms. The monoisotopic (exact) mass is 413 g/mol. The molecule has 0 unspecified atom stereocenters. The lowest BCUT2D eigenvalue weighted by Gasteiger charge is -2.22. The molecule has 2 aromatic heterocycles. The summed E-state index contributed by atoms with van der Waals surface area (Å²) in [6.45, 7) is 2.32. The van der Waals surface area contributed by atoms with Gasteiger partial charge in [-0.3, -0.25) is 9.79 Å². The second-order valence-corrected chi connectivity index (χ2v) is 7.97. The Hall–Kier alpha value is -3.51. The van der Waals surface area contributed by atoms with Crippen molar-refractivity contribution in [2.45, 2.75) is 13.5 Å². The fraction of sp³-hybridized carbons (Fsp3) is 0.125. The highest BCUT2D eigenvalue weighted by Gasteiger charge is 2.26. The first-order chi connectivity index (χ1) is 14.7. The van der Waals surface area contributed by atoms with Gasteiger partial charge in [-0.2, -0.15) is 0 Å². The Bertz CT molecular complexity index is 1230. The number of aromatic nitrogens is 1. The van der Waals surface area contributed by atoms with Crippen LogP contribution in [0.1, 0.15) is 22.6 Å². The molecule has 1 aliphatic heterocycles.